The Labute approximate surface area is 187 Å². The number of benzene rings is 1. The van der Waals surface area contributed by atoms with E-state index in [1.54, 1.807) is 25.2 Å². The Morgan fingerprint density at radius 3 is 2.50 bits per heavy atom. The average Bonchev–Trinajstić information content (AvgIpc) is 2.92. The molecule has 1 heterocycles. The minimum Gasteiger partial charge on any atom is -0.335 e. The predicted molar refractivity (Wildman–Crippen MR) is 116 cm³/mol. The smallest absolute Gasteiger partial charge is 0.317 e. The molecule has 0 spiro atoms. The molecule has 170 valence electrons. The van der Waals surface area contributed by atoms with E-state index in [-0.39, 0.29) is 67.0 Å². The lowest BCUT2D eigenvalue weighted by Gasteiger charge is -2.26. The second kappa shape index (κ2) is 9.22. The Kier molecular flexibility index (Phi) is 6.39. The van der Waals surface area contributed by atoms with Crippen molar-refractivity contribution in [2.45, 2.75) is 76.4 Å². The van der Waals surface area contributed by atoms with E-state index in [1.165, 1.54) is 11.3 Å². The average molecular weight is 440 g/mol. The van der Waals surface area contributed by atoms with E-state index in [0.717, 1.165) is 30.6 Å². The minimum atomic E-state index is -0.908. The summed E-state index contributed by atoms with van der Waals surface area (Å²) in [4.78, 5) is 65.9. The molecule has 0 bridgehead atoms. The summed E-state index contributed by atoms with van der Waals surface area (Å²) >= 11 is 0. The Morgan fingerprint density at radius 2 is 1.75 bits per heavy atom. The molecule has 1 unspecified atom stereocenters. The number of rotatable bonds is 4. The van der Waals surface area contributed by atoms with Gasteiger partial charge in [0, 0.05) is 38.9 Å². The molecule has 2 aliphatic carbocycles. The van der Waals surface area contributed by atoms with Gasteiger partial charge in [0.05, 0.1) is 17.2 Å². The van der Waals surface area contributed by atoms with Crippen LogP contribution < -0.4 is 5.32 Å². The van der Waals surface area contributed by atoms with E-state index in [2.05, 4.69) is 5.32 Å². The van der Waals surface area contributed by atoms with Gasteiger partial charge in [-0.1, -0.05) is 31.4 Å². The molecule has 0 radical (unpaired) electrons. The number of imide groups is 1. The highest BCUT2D eigenvalue weighted by atomic mass is 16.2. The first kappa shape index (κ1) is 22.2. The molecule has 8 nitrogen and oxygen atoms in total. The van der Waals surface area contributed by atoms with Crippen LogP contribution in [0.3, 0.4) is 0 Å². The maximum absolute atomic E-state index is 13.3. The molecule has 1 aromatic carbocycles. The van der Waals surface area contributed by atoms with Crippen LogP contribution in [0, 0.1) is 0 Å². The summed E-state index contributed by atoms with van der Waals surface area (Å²) in [7, 11) is 1.66. The summed E-state index contributed by atoms with van der Waals surface area (Å²) in [5.41, 5.74) is 1.07. The van der Waals surface area contributed by atoms with E-state index >= 15 is 0 Å². The standard InChI is InChI=1S/C24H29N3O5/c1-26(24(32)25-16-7-3-2-4-8-16)14-15-6-5-9-18-21(15)23(31)27(22(18)30)19-12-10-17(28)11-13-20(19)29/h5-6,9,16,19H,2-4,7-8,10-14H2,1H3,(H,25,32). The zero-order chi connectivity index (χ0) is 22.8. The fraction of sp³-hybridized carbons (Fsp3) is 0.542. The topological polar surface area (TPSA) is 104 Å². The molecular weight excluding hydrogens is 410 g/mol. The molecule has 2 fully saturated rings. The molecule has 4 rings (SSSR count). The van der Waals surface area contributed by atoms with Gasteiger partial charge >= 0.3 is 6.03 Å². The predicted octanol–water partition coefficient (Wildman–Crippen LogP) is 2.84. The van der Waals surface area contributed by atoms with Gasteiger partial charge in [0.1, 0.15) is 5.78 Å². The van der Waals surface area contributed by atoms with Crippen LogP contribution in [0.5, 0.6) is 0 Å². The number of hydrogen-bond acceptors (Lipinski definition) is 5. The van der Waals surface area contributed by atoms with E-state index in [4.69, 9.17) is 0 Å². The van der Waals surface area contributed by atoms with E-state index in [1.807, 2.05) is 0 Å². The number of amides is 4. The van der Waals surface area contributed by atoms with Crippen LogP contribution in [0.1, 0.15) is 84.1 Å². The third-order valence-corrected chi connectivity index (χ3v) is 6.75. The van der Waals surface area contributed by atoms with Gasteiger partial charge in [-0.25, -0.2) is 4.79 Å². The molecule has 1 aliphatic heterocycles. The zero-order valence-corrected chi connectivity index (χ0v) is 18.4. The van der Waals surface area contributed by atoms with Gasteiger partial charge in [-0.3, -0.25) is 24.1 Å². The number of carbonyl (C=O) groups excluding carboxylic acids is 5. The summed E-state index contributed by atoms with van der Waals surface area (Å²) < 4.78 is 0. The molecule has 1 atom stereocenters. The molecule has 1 aromatic rings. The van der Waals surface area contributed by atoms with Crippen molar-refractivity contribution in [1.29, 1.82) is 0 Å². The van der Waals surface area contributed by atoms with E-state index in [0.29, 0.717) is 5.56 Å². The second-order valence-corrected chi connectivity index (χ2v) is 9.02. The quantitative estimate of drug-likeness (QED) is 0.574. The highest BCUT2D eigenvalue weighted by Crippen LogP contribution is 2.31. The number of hydrogen-bond donors (Lipinski definition) is 1. The van der Waals surface area contributed by atoms with Crippen molar-refractivity contribution in [1.82, 2.24) is 15.1 Å². The number of fused-ring (bicyclic) bond motifs is 1. The fourth-order valence-electron chi connectivity index (χ4n) is 4.93. The van der Waals surface area contributed by atoms with Crippen LogP contribution in [0.15, 0.2) is 18.2 Å². The Hall–Kier alpha value is -3.03. The normalized spacial score (nSPS) is 22.0. The van der Waals surface area contributed by atoms with Crippen LogP contribution in [-0.4, -0.2) is 58.3 Å². The van der Waals surface area contributed by atoms with Crippen LogP contribution in [0.4, 0.5) is 4.79 Å². The molecule has 1 N–H and O–H groups in total. The van der Waals surface area contributed by atoms with Gasteiger partial charge in [-0.2, -0.15) is 0 Å². The van der Waals surface area contributed by atoms with Crippen molar-refractivity contribution < 1.29 is 24.0 Å². The first-order valence-corrected chi connectivity index (χ1v) is 11.4. The van der Waals surface area contributed by atoms with Gasteiger partial charge in [0.25, 0.3) is 11.8 Å². The van der Waals surface area contributed by atoms with Crippen LogP contribution in [0.2, 0.25) is 0 Å². The number of urea groups is 1. The van der Waals surface area contributed by atoms with Gasteiger partial charge < -0.3 is 10.2 Å². The summed E-state index contributed by atoms with van der Waals surface area (Å²) in [5, 5.41) is 3.05. The molecular formula is C24H29N3O5. The maximum atomic E-state index is 13.3. The number of ketones is 2. The van der Waals surface area contributed by atoms with E-state index < -0.39 is 17.9 Å². The van der Waals surface area contributed by atoms with Gasteiger partial charge in [-0.15, -0.1) is 0 Å². The first-order chi connectivity index (χ1) is 15.4. The van der Waals surface area contributed by atoms with Crippen LogP contribution >= 0.6 is 0 Å². The molecule has 2 saturated carbocycles. The third-order valence-electron chi connectivity index (χ3n) is 6.75. The van der Waals surface area contributed by atoms with Gasteiger partial charge in [0.15, 0.2) is 5.78 Å². The molecule has 0 saturated heterocycles. The SMILES string of the molecule is CN(Cc1cccc2c1C(=O)N(C1CCC(=O)CCC1=O)C2=O)C(=O)NC1CCCCC1. The molecule has 0 aromatic heterocycles. The number of Topliss-reactive ketones (excluding diaryl/α,β-unsaturated/α-hetero) is 2. The van der Waals surface area contributed by atoms with Gasteiger partial charge in [0.2, 0.25) is 0 Å². The lowest BCUT2D eigenvalue weighted by Crippen LogP contribution is -2.44. The summed E-state index contributed by atoms with van der Waals surface area (Å²) in [6.07, 6.45) is 5.92. The van der Waals surface area contributed by atoms with Crippen LogP contribution in [0.25, 0.3) is 0 Å². The highest BCUT2D eigenvalue weighted by molar-refractivity contribution is 6.23. The Bertz CT molecular complexity index is 966. The highest BCUT2D eigenvalue weighted by Gasteiger charge is 2.44. The van der Waals surface area contributed by atoms with Crippen LogP contribution in [-0.2, 0) is 16.1 Å². The monoisotopic (exact) mass is 439 g/mol. The Morgan fingerprint density at radius 1 is 1.00 bits per heavy atom. The van der Waals surface area contributed by atoms with Crippen molar-refractivity contribution >= 4 is 29.4 Å². The molecule has 3 aliphatic rings. The van der Waals surface area contributed by atoms with Crippen molar-refractivity contribution in [3.63, 3.8) is 0 Å². The molecule has 32 heavy (non-hydrogen) atoms. The summed E-state index contributed by atoms with van der Waals surface area (Å²) in [5.74, 6) is -1.30. The summed E-state index contributed by atoms with van der Waals surface area (Å²) in [6.45, 7) is 0.172. The fourth-order valence-corrected chi connectivity index (χ4v) is 4.93. The number of carbonyl (C=O) groups is 5. The maximum Gasteiger partial charge on any atom is 0.317 e. The lowest BCUT2D eigenvalue weighted by atomic mass is 9.96. The largest absolute Gasteiger partial charge is 0.335 e. The zero-order valence-electron chi connectivity index (χ0n) is 18.4. The third kappa shape index (κ3) is 4.31. The first-order valence-electron chi connectivity index (χ1n) is 11.4. The molecule has 8 heteroatoms. The van der Waals surface area contributed by atoms with E-state index in [9.17, 15) is 24.0 Å². The second-order valence-electron chi connectivity index (χ2n) is 9.02. The number of nitrogens with one attached hydrogen (secondary N) is 1. The van der Waals surface area contributed by atoms with Gasteiger partial charge in [-0.05, 0) is 30.9 Å². The summed E-state index contributed by atoms with van der Waals surface area (Å²) in [6, 6.07) is 4.05. The van der Waals surface area contributed by atoms with Crippen molar-refractivity contribution in [3.05, 3.63) is 34.9 Å². The minimum absolute atomic E-state index is 0.0243. The van der Waals surface area contributed by atoms with Crippen molar-refractivity contribution in [2.75, 3.05) is 7.05 Å². The number of nitrogens with zero attached hydrogens (tertiary/aromatic N) is 2. The Balaban J connectivity index is 1.52. The van der Waals surface area contributed by atoms with Crippen molar-refractivity contribution in [3.8, 4) is 0 Å². The lowest BCUT2D eigenvalue weighted by molar-refractivity contribution is -0.124. The molecule has 4 amide bonds. The van der Waals surface area contributed by atoms with Crippen molar-refractivity contribution in [2.24, 2.45) is 0 Å².